The molecule has 1 aliphatic rings. The van der Waals surface area contributed by atoms with Gasteiger partial charge in [0.15, 0.2) is 0 Å². The fourth-order valence-electron chi connectivity index (χ4n) is 2.74. The summed E-state index contributed by atoms with van der Waals surface area (Å²) in [5.41, 5.74) is 1.36. The number of halogens is 1. The van der Waals surface area contributed by atoms with Gasteiger partial charge < -0.3 is 4.74 Å². The molecule has 1 saturated carbocycles. The molecule has 2 heteroatoms. The Bertz CT molecular complexity index is 364. The standard InChI is InChI=1S/C16H23ClO/c1-2-11-18-16-10-6-5-9-15(16)13-7-3-4-8-14(17)12-13/h5-6,9-10,13-14H,2-4,7-8,11-12H2,1H3. The number of ether oxygens (including phenoxy) is 1. The van der Waals surface area contributed by atoms with Gasteiger partial charge in [-0.25, -0.2) is 0 Å². The van der Waals surface area contributed by atoms with Gasteiger partial charge >= 0.3 is 0 Å². The van der Waals surface area contributed by atoms with Crippen molar-refractivity contribution in [2.75, 3.05) is 6.61 Å². The van der Waals surface area contributed by atoms with Crippen LogP contribution in [0.5, 0.6) is 5.75 Å². The van der Waals surface area contributed by atoms with Crippen LogP contribution in [0.4, 0.5) is 0 Å². The second kappa shape index (κ2) is 7.04. The number of benzene rings is 1. The van der Waals surface area contributed by atoms with Gasteiger partial charge in [-0.05, 0) is 43.2 Å². The summed E-state index contributed by atoms with van der Waals surface area (Å²) in [7, 11) is 0. The fourth-order valence-corrected chi connectivity index (χ4v) is 3.11. The number of rotatable bonds is 4. The van der Waals surface area contributed by atoms with Crippen molar-refractivity contribution in [2.24, 2.45) is 0 Å². The molecule has 2 atom stereocenters. The van der Waals surface area contributed by atoms with Crippen LogP contribution < -0.4 is 4.74 Å². The van der Waals surface area contributed by atoms with Crippen LogP contribution >= 0.6 is 11.6 Å². The van der Waals surface area contributed by atoms with Crippen LogP contribution in [-0.4, -0.2) is 12.0 Å². The first-order valence-electron chi connectivity index (χ1n) is 7.17. The molecule has 0 bridgehead atoms. The third-order valence-corrected chi connectivity index (χ3v) is 4.08. The summed E-state index contributed by atoms with van der Waals surface area (Å²) in [6.07, 6.45) is 7.11. The molecular formula is C16H23ClO. The Hall–Kier alpha value is -0.690. The predicted octanol–water partition coefficient (Wildman–Crippen LogP) is 5.13. The van der Waals surface area contributed by atoms with E-state index < -0.39 is 0 Å². The van der Waals surface area contributed by atoms with Crippen molar-refractivity contribution in [3.05, 3.63) is 29.8 Å². The number of para-hydroxylation sites is 1. The minimum absolute atomic E-state index is 0.330. The van der Waals surface area contributed by atoms with Gasteiger partial charge in [-0.3, -0.25) is 0 Å². The van der Waals surface area contributed by atoms with Crippen LogP contribution in [-0.2, 0) is 0 Å². The molecule has 0 spiro atoms. The summed E-state index contributed by atoms with van der Waals surface area (Å²) in [5, 5.41) is 0.330. The monoisotopic (exact) mass is 266 g/mol. The van der Waals surface area contributed by atoms with Gasteiger partial charge in [0.05, 0.1) is 6.61 Å². The van der Waals surface area contributed by atoms with E-state index in [1.54, 1.807) is 0 Å². The zero-order valence-corrected chi connectivity index (χ0v) is 12.0. The number of hydrogen-bond donors (Lipinski definition) is 0. The quantitative estimate of drug-likeness (QED) is 0.542. The highest BCUT2D eigenvalue weighted by molar-refractivity contribution is 6.20. The lowest BCUT2D eigenvalue weighted by molar-refractivity contribution is 0.311. The highest BCUT2D eigenvalue weighted by atomic mass is 35.5. The molecule has 100 valence electrons. The smallest absolute Gasteiger partial charge is 0.122 e. The van der Waals surface area contributed by atoms with E-state index in [1.807, 2.05) is 0 Å². The highest BCUT2D eigenvalue weighted by Gasteiger charge is 2.22. The van der Waals surface area contributed by atoms with Crippen LogP contribution in [0, 0.1) is 0 Å². The van der Waals surface area contributed by atoms with Crippen molar-refractivity contribution in [1.29, 1.82) is 0 Å². The van der Waals surface area contributed by atoms with E-state index in [1.165, 1.54) is 24.8 Å². The van der Waals surface area contributed by atoms with Crippen molar-refractivity contribution >= 4 is 11.6 Å². The van der Waals surface area contributed by atoms with E-state index in [4.69, 9.17) is 16.3 Å². The Morgan fingerprint density at radius 2 is 2.00 bits per heavy atom. The molecule has 0 aromatic heterocycles. The lowest BCUT2D eigenvalue weighted by Gasteiger charge is -2.20. The van der Waals surface area contributed by atoms with Gasteiger partial charge in [-0.15, -0.1) is 11.6 Å². The van der Waals surface area contributed by atoms with Crippen LogP contribution in [0.1, 0.15) is 56.9 Å². The van der Waals surface area contributed by atoms with E-state index in [0.717, 1.165) is 31.6 Å². The second-order valence-electron chi connectivity index (χ2n) is 5.20. The molecule has 2 unspecified atom stereocenters. The van der Waals surface area contributed by atoms with Crippen molar-refractivity contribution in [2.45, 2.75) is 56.7 Å². The van der Waals surface area contributed by atoms with Gasteiger partial charge in [0.25, 0.3) is 0 Å². The first-order valence-corrected chi connectivity index (χ1v) is 7.60. The van der Waals surface area contributed by atoms with Crippen molar-refractivity contribution in [3.8, 4) is 5.75 Å². The van der Waals surface area contributed by atoms with E-state index >= 15 is 0 Å². The predicted molar refractivity (Wildman–Crippen MR) is 77.7 cm³/mol. The van der Waals surface area contributed by atoms with Gasteiger partial charge in [0.1, 0.15) is 5.75 Å². The normalized spacial score (nSPS) is 24.6. The Balaban J connectivity index is 2.14. The molecule has 2 rings (SSSR count). The van der Waals surface area contributed by atoms with Gasteiger partial charge in [-0.2, -0.15) is 0 Å². The van der Waals surface area contributed by atoms with E-state index in [-0.39, 0.29) is 0 Å². The zero-order chi connectivity index (χ0) is 12.8. The van der Waals surface area contributed by atoms with Crippen molar-refractivity contribution in [1.82, 2.24) is 0 Å². The molecule has 1 aromatic carbocycles. The second-order valence-corrected chi connectivity index (χ2v) is 5.82. The Morgan fingerprint density at radius 3 is 2.83 bits per heavy atom. The molecular weight excluding hydrogens is 244 g/mol. The molecule has 0 N–H and O–H groups in total. The maximum Gasteiger partial charge on any atom is 0.122 e. The zero-order valence-electron chi connectivity index (χ0n) is 11.2. The molecule has 1 fully saturated rings. The lowest BCUT2D eigenvalue weighted by Crippen LogP contribution is -2.07. The summed E-state index contributed by atoms with van der Waals surface area (Å²) < 4.78 is 5.87. The maximum atomic E-state index is 6.38. The first-order chi connectivity index (χ1) is 8.81. The summed E-state index contributed by atoms with van der Waals surface area (Å²) in [6, 6.07) is 8.48. The Kier molecular flexibility index (Phi) is 5.37. The van der Waals surface area contributed by atoms with Crippen LogP contribution in [0.3, 0.4) is 0 Å². The van der Waals surface area contributed by atoms with Crippen LogP contribution in [0.15, 0.2) is 24.3 Å². The summed E-state index contributed by atoms with van der Waals surface area (Å²) in [6.45, 7) is 2.94. The highest BCUT2D eigenvalue weighted by Crippen LogP contribution is 2.38. The average Bonchev–Trinajstić information content (AvgIpc) is 2.61. The Morgan fingerprint density at radius 1 is 1.22 bits per heavy atom. The first kappa shape index (κ1) is 13.7. The number of hydrogen-bond acceptors (Lipinski definition) is 1. The molecule has 1 nitrogen and oxygen atoms in total. The Labute approximate surface area is 115 Å². The minimum Gasteiger partial charge on any atom is -0.493 e. The van der Waals surface area contributed by atoms with Crippen molar-refractivity contribution in [3.63, 3.8) is 0 Å². The van der Waals surface area contributed by atoms with Crippen LogP contribution in [0.25, 0.3) is 0 Å². The largest absolute Gasteiger partial charge is 0.493 e. The van der Waals surface area contributed by atoms with Gasteiger partial charge in [-0.1, -0.05) is 38.0 Å². The summed E-state index contributed by atoms with van der Waals surface area (Å²) >= 11 is 6.38. The third-order valence-electron chi connectivity index (χ3n) is 3.68. The lowest BCUT2D eigenvalue weighted by atomic mass is 9.91. The van der Waals surface area contributed by atoms with Gasteiger partial charge in [0, 0.05) is 5.38 Å². The molecule has 0 saturated heterocycles. The van der Waals surface area contributed by atoms with Gasteiger partial charge in [0.2, 0.25) is 0 Å². The molecule has 0 aliphatic heterocycles. The van der Waals surface area contributed by atoms with E-state index in [2.05, 4.69) is 31.2 Å². The molecule has 1 aromatic rings. The van der Waals surface area contributed by atoms with Crippen molar-refractivity contribution < 1.29 is 4.74 Å². The summed E-state index contributed by atoms with van der Waals surface area (Å²) in [4.78, 5) is 0. The summed E-state index contributed by atoms with van der Waals surface area (Å²) in [5.74, 6) is 1.64. The maximum absolute atomic E-state index is 6.38. The molecule has 1 aliphatic carbocycles. The van der Waals surface area contributed by atoms with E-state index in [9.17, 15) is 0 Å². The molecule has 0 radical (unpaired) electrons. The van der Waals surface area contributed by atoms with Crippen LogP contribution in [0.2, 0.25) is 0 Å². The SMILES string of the molecule is CCCOc1ccccc1C1CCCCC(Cl)C1. The number of alkyl halides is 1. The third kappa shape index (κ3) is 3.65. The molecule has 0 heterocycles. The topological polar surface area (TPSA) is 9.23 Å². The molecule has 18 heavy (non-hydrogen) atoms. The molecule has 0 amide bonds. The van der Waals surface area contributed by atoms with E-state index in [0.29, 0.717) is 11.3 Å². The average molecular weight is 267 g/mol. The minimum atomic E-state index is 0.330. The fraction of sp³-hybridized carbons (Fsp3) is 0.625.